The maximum atomic E-state index is 9.82. The maximum absolute atomic E-state index is 9.82. The van der Waals surface area contributed by atoms with Gasteiger partial charge in [0.2, 0.25) is 0 Å². The molecule has 0 saturated heterocycles. The Morgan fingerprint density at radius 1 is 1.00 bits per heavy atom. The Bertz CT molecular complexity index is 354. The van der Waals surface area contributed by atoms with Gasteiger partial charge in [-0.05, 0) is 67.6 Å². The van der Waals surface area contributed by atoms with Crippen molar-refractivity contribution in [3.05, 3.63) is 0 Å². The number of hydrogen-bond donors (Lipinski definition) is 1. The van der Waals surface area contributed by atoms with Crippen molar-refractivity contribution in [3.8, 4) is 0 Å². The molecule has 3 fully saturated rings. The van der Waals surface area contributed by atoms with E-state index in [1.807, 2.05) is 7.11 Å². The Balaban J connectivity index is 1.90. The van der Waals surface area contributed by atoms with Gasteiger partial charge < -0.3 is 9.84 Å². The predicted octanol–water partition coefficient (Wildman–Crippen LogP) is 3.77. The van der Waals surface area contributed by atoms with Gasteiger partial charge in [-0.25, -0.2) is 0 Å². The fourth-order valence-electron chi connectivity index (χ4n) is 5.79. The van der Waals surface area contributed by atoms with Crippen molar-refractivity contribution in [3.63, 3.8) is 0 Å². The second-order valence-electron chi connectivity index (χ2n) is 8.16. The van der Waals surface area contributed by atoms with Gasteiger partial charge in [-0.15, -0.1) is 0 Å². The van der Waals surface area contributed by atoms with Crippen molar-refractivity contribution >= 4 is 0 Å². The van der Waals surface area contributed by atoms with E-state index in [1.54, 1.807) is 0 Å². The highest BCUT2D eigenvalue weighted by molar-refractivity contribution is 5.15. The third-order valence-electron chi connectivity index (χ3n) is 7.64. The molecule has 2 bridgehead atoms. The Kier molecular flexibility index (Phi) is 3.07. The largest absolute Gasteiger partial charge is 0.393 e. The lowest BCUT2D eigenvalue weighted by Gasteiger charge is -2.51. The molecular weight excluding hydrogens is 236 g/mol. The zero-order valence-electron chi connectivity index (χ0n) is 13.0. The van der Waals surface area contributed by atoms with Crippen LogP contribution in [0.1, 0.15) is 65.7 Å². The number of hydrogen-bond acceptors (Lipinski definition) is 2. The second kappa shape index (κ2) is 4.21. The van der Waals surface area contributed by atoms with Crippen LogP contribution in [0.5, 0.6) is 0 Å². The van der Waals surface area contributed by atoms with Gasteiger partial charge in [0.15, 0.2) is 0 Å². The molecule has 3 aliphatic rings. The molecule has 3 rings (SSSR count). The maximum Gasteiger partial charge on any atom is 0.0714 e. The highest BCUT2D eigenvalue weighted by Crippen LogP contribution is 2.71. The second-order valence-corrected chi connectivity index (χ2v) is 8.16. The molecular formula is C17H30O2. The summed E-state index contributed by atoms with van der Waals surface area (Å²) in [7, 11) is 1.90. The molecule has 0 heterocycles. The number of methoxy groups -OCH3 is 1. The van der Waals surface area contributed by atoms with Crippen molar-refractivity contribution in [2.75, 3.05) is 7.11 Å². The molecule has 2 heteroatoms. The van der Waals surface area contributed by atoms with Crippen LogP contribution < -0.4 is 0 Å². The average molecular weight is 266 g/mol. The van der Waals surface area contributed by atoms with E-state index in [2.05, 4.69) is 20.8 Å². The summed E-state index contributed by atoms with van der Waals surface area (Å²) in [5.41, 5.74) is 0.926. The van der Waals surface area contributed by atoms with Crippen molar-refractivity contribution in [2.24, 2.45) is 22.7 Å². The molecule has 0 aromatic heterocycles. The van der Waals surface area contributed by atoms with Gasteiger partial charge in [-0.3, -0.25) is 0 Å². The summed E-state index contributed by atoms with van der Waals surface area (Å²) >= 11 is 0. The van der Waals surface area contributed by atoms with E-state index >= 15 is 0 Å². The zero-order valence-corrected chi connectivity index (χ0v) is 13.0. The van der Waals surface area contributed by atoms with Gasteiger partial charge >= 0.3 is 0 Å². The number of ether oxygens (including phenoxy) is 1. The first-order valence-corrected chi connectivity index (χ1v) is 8.09. The van der Waals surface area contributed by atoms with Crippen molar-refractivity contribution in [2.45, 2.75) is 77.4 Å². The van der Waals surface area contributed by atoms with Crippen LogP contribution in [0.25, 0.3) is 0 Å². The van der Waals surface area contributed by atoms with Crippen LogP contribution in [0, 0.1) is 22.7 Å². The SMILES string of the molecule is COC1([C@H]2C[C@@H]3CC[C@@]2(C)C3(C)C)CCC(O)CC1. The molecule has 2 nitrogen and oxygen atoms in total. The summed E-state index contributed by atoms with van der Waals surface area (Å²) in [6.07, 6.45) is 7.96. The summed E-state index contributed by atoms with van der Waals surface area (Å²) in [6.45, 7) is 7.47. The van der Waals surface area contributed by atoms with Gasteiger partial charge in [0.25, 0.3) is 0 Å². The Morgan fingerprint density at radius 3 is 2.05 bits per heavy atom. The highest BCUT2D eigenvalue weighted by atomic mass is 16.5. The molecule has 3 saturated carbocycles. The van der Waals surface area contributed by atoms with E-state index in [9.17, 15) is 5.11 Å². The normalized spacial score (nSPS) is 52.6. The molecule has 0 spiro atoms. The van der Waals surface area contributed by atoms with Crippen LogP contribution in [-0.4, -0.2) is 23.9 Å². The Labute approximate surface area is 117 Å². The summed E-state index contributed by atoms with van der Waals surface area (Å²) in [6, 6.07) is 0. The molecule has 0 aromatic carbocycles. The summed E-state index contributed by atoms with van der Waals surface area (Å²) in [4.78, 5) is 0. The number of aliphatic hydroxyl groups is 1. The van der Waals surface area contributed by atoms with Crippen LogP contribution in [0.3, 0.4) is 0 Å². The molecule has 0 aromatic rings. The lowest BCUT2D eigenvalue weighted by Crippen LogP contribution is -2.51. The van der Waals surface area contributed by atoms with Crippen LogP contribution in [0.15, 0.2) is 0 Å². The molecule has 0 radical (unpaired) electrons. The summed E-state index contributed by atoms with van der Waals surface area (Å²) in [5, 5.41) is 9.82. The monoisotopic (exact) mass is 266 g/mol. The molecule has 0 unspecified atom stereocenters. The molecule has 1 N–H and O–H groups in total. The Morgan fingerprint density at radius 2 is 1.63 bits per heavy atom. The molecule has 110 valence electrons. The smallest absolute Gasteiger partial charge is 0.0714 e. The predicted molar refractivity (Wildman–Crippen MR) is 76.9 cm³/mol. The van der Waals surface area contributed by atoms with E-state index < -0.39 is 0 Å². The minimum atomic E-state index is -0.0947. The lowest BCUT2D eigenvalue weighted by molar-refractivity contribution is -0.139. The van der Waals surface area contributed by atoms with E-state index in [4.69, 9.17) is 4.74 Å². The van der Waals surface area contributed by atoms with Gasteiger partial charge in [0.1, 0.15) is 0 Å². The highest BCUT2D eigenvalue weighted by Gasteiger charge is 2.66. The van der Waals surface area contributed by atoms with E-state index in [-0.39, 0.29) is 11.7 Å². The molecule has 19 heavy (non-hydrogen) atoms. The minimum Gasteiger partial charge on any atom is -0.393 e. The van der Waals surface area contributed by atoms with Crippen molar-refractivity contribution in [1.82, 2.24) is 0 Å². The standard InChI is InChI=1S/C17H30O2/c1-15(2)12-5-8-16(15,3)14(11-12)17(19-4)9-6-13(18)7-10-17/h12-14,18H,5-11H2,1-4H3/t12-,13?,14-,16+,17?/m0/s1. The van der Waals surface area contributed by atoms with Crippen molar-refractivity contribution in [1.29, 1.82) is 0 Å². The lowest BCUT2D eigenvalue weighted by atomic mass is 9.59. The fourth-order valence-corrected chi connectivity index (χ4v) is 5.79. The zero-order chi connectivity index (χ0) is 13.9. The third kappa shape index (κ3) is 1.68. The number of fused-ring (bicyclic) bond motifs is 2. The number of rotatable bonds is 2. The molecule has 3 aliphatic carbocycles. The van der Waals surface area contributed by atoms with Crippen LogP contribution >= 0.6 is 0 Å². The van der Waals surface area contributed by atoms with Gasteiger partial charge in [-0.1, -0.05) is 20.8 Å². The average Bonchev–Trinajstić information content (AvgIpc) is 2.73. The van der Waals surface area contributed by atoms with Gasteiger partial charge in [0, 0.05) is 7.11 Å². The molecule has 0 amide bonds. The van der Waals surface area contributed by atoms with Crippen LogP contribution in [0.2, 0.25) is 0 Å². The van der Waals surface area contributed by atoms with Gasteiger partial charge in [0.05, 0.1) is 11.7 Å². The Hall–Kier alpha value is -0.0800. The van der Waals surface area contributed by atoms with Crippen LogP contribution in [-0.2, 0) is 4.74 Å². The minimum absolute atomic E-state index is 0.0421. The number of aliphatic hydroxyl groups excluding tert-OH is 1. The first kappa shape index (κ1) is 13.9. The topological polar surface area (TPSA) is 29.5 Å². The first-order valence-electron chi connectivity index (χ1n) is 8.09. The molecule has 3 atom stereocenters. The van der Waals surface area contributed by atoms with Crippen LogP contribution in [0.4, 0.5) is 0 Å². The third-order valence-corrected chi connectivity index (χ3v) is 7.64. The summed E-state index contributed by atoms with van der Waals surface area (Å²) in [5.74, 6) is 1.56. The van der Waals surface area contributed by atoms with E-state index in [0.717, 1.165) is 31.6 Å². The molecule has 0 aliphatic heterocycles. The fraction of sp³-hybridized carbons (Fsp3) is 1.00. The van der Waals surface area contributed by atoms with Gasteiger partial charge in [-0.2, -0.15) is 0 Å². The van der Waals surface area contributed by atoms with E-state index in [1.165, 1.54) is 19.3 Å². The first-order chi connectivity index (χ1) is 8.86. The van der Waals surface area contributed by atoms with Crippen molar-refractivity contribution < 1.29 is 9.84 Å². The van der Waals surface area contributed by atoms with E-state index in [0.29, 0.717) is 16.7 Å². The quantitative estimate of drug-likeness (QED) is 0.824. The summed E-state index contributed by atoms with van der Waals surface area (Å²) < 4.78 is 6.11.